The van der Waals surface area contributed by atoms with Crippen LogP contribution in [0.15, 0.2) is 0 Å². The quantitative estimate of drug-likeness (QED) is 0.464. The molecule has 0 bridgehead atoms. The molecule has 0 aliphatic rings. The minimum Gasteiger partial charge on any atom is -0.463 e. The first-order valence-electron chi connectivity index (χ1n) is 3.52. The van der Waals surface area contributed by atoms with Gasteiger partial charge in [-0.2, -0.15) is 0 Å². The maximum Gasteiger partial charge on any atom is 0.348 e. The lowest BCUT2D eigenvalue weighted by molar-refractivity contribution is -0.152. The number of rotatable bonds is 5. The fourth-order valence-electron chi connectivity index (χ4n) is 0.567. The lowest BCUT2D eigenvalue weighted by Gasteiger charge is -2.04. The van der Waals surface area contributed by atoms with Crippen molar-refractivity contribution >= 4 is 11.8 Å². The number of hydrogen-bond acceptors (Lipinski definition) is 3. The van der Waals surface area contributed by atoms with Crippen LogP contribution in [0.4, 0.5) is 8.78 Å². The number of carbonyl (C=O) groups excluding carboxylic acids is 2. The van der Waals surface area contributed by atoms with E-state index in [9.17, 15) is 18.4 Å². The van der Waals surface area contributed by atoms with E-state index in [1.54, 1.807) is 0 Å². The van der Waals surface area contributed by atoms with Crippen molar-refractivity contribution in [1.29, 1.82) is 0 Å². The predicted octanol–water partition coefficient (Wildman–Crippen LogP) is 0.816. The molecule has 0 N–H and O–H groups in total. The highest BCUT2D eigenvalue weighted by molar-refractivity contribution is 6.01. The van der Waals surface area contributed by atoms with E-state index in [4.69, 9.17) is 0 Å². The van der Waals surface area contributed by atoms with Crippen LogP contribution in [0.25, 0.3) is 0 Å². The van der Waals surface area contributed by atoms with Crippen molar-refractivity contribution < 1.29 is 23.1 Å². The van der Waals surface area contributed by atoms with Crippen molar-refractivity contribution in [2.24, 2.45) is 0 Å². The Balaban J connectivity index is 3.91. The van der Waals surface area contributed by atoms with Gasteiger partial charge in [-0.25, -0.2) is 9.18 Å². The Kier molecular flexibility index (Phi) is 5.16. The van der Waals surface area contributed by atoms with Gasteiger partial charge in [0.2, 0.25) is 0 Å². The van der Waals surface area contributed by atoms with E-state index in [0.29, 0.717) is 0 Å². The maximum absolute atomic E-state index is 12.6. The van der Waals surface area contributed by atoms with Crippen LogP contribution >= 0.6 is 0 Å². The summed E-state index contributed by atoms with van der Waals surface area (Å²) in [6, 6.07) is 0. The van der Waals surface area contributed by atoms with Crippen molar-refractivity contribution in [1.82, 2.24) is 0 Å². The first-order valence-corrected chi connectivity index (χ1v) is 3.52. The van der Waals surface area contributed by atoms with Crippen LogP contribution in [0.3, 0.4) is 0 Å². The van der Waals surface area contributed by atoms with E-state index < -0.39 is 31.0 Å². The van der Waals surface area contributed by atoms with Crippen molar-refractivity contribution in [3.63, 3.8) is 0 Å². The number of carbonyl (C=O) groups is 2. The van der Waals surface area contributed by atoms with Crippen LogP contribution in [-0.4, -0.2) is 31.2 Å². The van der Waals surface area contributed by atoms with E-state index in [1.807, 2.05) is 0 Å². The highest BCUT2D eigenvalue weighted by Gasteiger charge is 2.26. The van der Waals surface area contributed by atoms with E-state index >= 15 is 0 Å². The molecule has 0 amide bonds. The van der Waals surface area contributed by atoms with Gasteiger partial charge in [0.1, 0.15) is 0 Å². The molecule has 0 spiro atoms. The SMILES string of the molecule is CCOC(=O)C(F)C(=O)CCF. The monoisotopic (exact) mass is 180 g/mol. The molecule has 0 aromatic rings. The first-order chi connectivity index (χ1) is 5.63. The van der Waals surface area contributed by atoms with Gasteiger partial charge in [0.15, 0.2) is 5.78 Å². The van der Waals surface area contributed by atoms with Crippen molar-refractivity contribution in [2.75, 3.05) is 13.3 Å². The Morgan fingerprint density at radius 2 is 2.08 bits per heavy atom. The van der Waals surface area contributed by atoms with Gasteiger partial charge in [0.05, 0.1) is 13.3 Å². The number of Topliss-reactive ketones (excluding diaryl/α,β-unsaturated/α-hetero) is 1. The van der Waals surface area contributed by atoms with Gasteiger partial charge >= 0.3 is 5.97 Å². The molecule has 70 valence electrons. The number of esters is 1. The zero-order chi connectivity index (χ0) is 9.56. The molecule has 0 aliphatic carbocycles. The summed E-state index contributed by atoms with van der Waals surface area (Å²) in [5.74, 6) is -2.31. The van der Waals surface area contributed by atoms with Gasteiger partial charge in [0, 0.05) is 6.42 Å². The maximum atomic E-state index is 12.6. The van der Waals surface area contributed by atoms with Crippen molar-refractivity contribution in [3.05, 3.63) is 0 Å². The summed E-state index contributed by atoms with van der Waals surface area (Å²) in [4.78, 5) is 21.1. The highest BCUT2D eigenvalue weighted by Crippen LogP contribution is 2.00. The largest absolute Gasteiger partial charge is 0.463 e. The second-order valence-corrected chi connectivity index (χ2v) is 2.02. The molecule has 1 unspecified atom stereocenters. The third-order valence-corrected chi connectivity index (χ3v) is 1.12. The van der Waals surface area contributed by atoms with Gasteiger partial charge in [-0.05, 0) is 6.92 Å². The summed E-state index contributed by atoms with van der Waals surface area (Å²) in [5, 5.41) is 0. The van der Waals surface area contributed by atoms with E-state index in [1.165, 1.54) is 6.92 Å². The molecule has 0 aromatic heterocycles. The van der Waals surface area contributed by atoms with Crippen molar-refractivity contribution in [2.45, 2.75) is 19.5 Å². The van der Waals surface area contributed by atoms with Crippen molar-refractivity contribution in [3.8, 4) is 0 Å². The third kappa shape index (κ3) is 3.41. The number of hydrogen-bond donors (Lipinski definition) is 0. The van der Waals surface area contributed by atoms with Gasteiger partial charge < -0.3 is 4.74 Å². The minimum atomic E-state index is -2.33. The molecule has 0 saturated heterocycles. The summed E-state index contributed by atoms with van der Waals surface area (Å²) in [7, 11) is 0. The molecular weight excluding hydrogens is 170 g/mol. The number of halogens is 2. The predicted molar refractivity (Wildman–Crippen MR) is 37.1 cm³/mol. The Bertz CT molecular complexity index is 152. The van der Waals surface area contributed by atoms with E-state index in [-0.39, 0.29) is 6.61 Å². The Labute approximate surface area is 68.7 Å². The molecule has 12 heavy (non-hydrogen) atoms. The Hall–Kier alpha value is -1.00. The Morgan fingerprint density at radius 3 is 2.50 bits per heavy atom. The van der Waals surface area contributed by atoms with Crippen LogP contribution in [-0.2, 0) is 14.3 Å². The zero-order valence-corrected chi connectivity index (χ0v) is 6.68. The average Bonchev–Trinajstić information content (AvgIpc) is 2.04. The van der Waals surface area contributed by atoms with Crippen LogP contribution < -0.4 is 0 Å². The van der Waals surface area contributed by atoms with Gasteiger partial charge in [-0.3, -0.25) is 9.18 Å². The number of alkyl halides is 2. The molecule has 0 heterocycles. The molecular formula is C7H10F2O3. The summed E-state index contributed by atoms with van der Waals surface area (Å²) >= 11 is 0. The van der Waals surface area contributed by atoms with Gasteiger partial charge in [0.25, 0.3) is 6.17 Å². The van der Waals surface area contributed by atoms with Crippen LogP contribution in [0.5, 0.6) is 0 Å². The van der Waals surface area contributed by atoms with Gasteiger partial charge in [-0.1, -0.05) is 0 Å². The first kappa shape index (κ1) is 11.0. The molecule has 0 rings (SSSR count). The number of ether oxygens (including phenoxy) is 1. The lowest BCUT2D eigenvalue weighted by Crippen LogP contribution is -2.27. The summed E-state index contributed by atoms with van der Waals surface area (Å²) in [6.07, 6.45) is -2.92. The number of ketones is 1. The Morgan fingerprint density at radius 1 is 1.50 bits per heavy atom. The standard InChI is InChI=1S/C7H10F2O3/c1-2-12-7(11)6(9)5(10)3-4-8/h6H,2-4H2,1H3. The fourth-order valence-corrected chi connectivity index (χ4v) is 0.567. The summed E-state index contributed by atoms with van der Waals surface area (Å²) in [5.41, 5.74) is 0. The van der Waals surface area contributed by atoms with E-state index in [0.717, 1.165) is 0 Å². The van der Waals surface area contributed by atoms with Gasteiger partial charge in [-0.15, -0.1) is 0 Å². The smallest absolute Gasteiger partial charge is 0.348 e. The van der Waals surface area contributed by atoms with Crippen LogP contribution in [0, 0.1) is 0 Å². The average molecular weight is 180 g/mol. The molecule has 0 aliphatic heterocycles. The topological polar surface area (TPSA) is 43.4 Å². The molecule has 0 aromatic carbocycles. The molecule has 0 radical (unpaired) electrons. The summed E-state index contributed by atoms with van der Waals surface area (Å²) < 4.78 is 28.3. The second-order valence-electron chi connectivity index (χ2n) is 2.02. The molecule has 5 heteroatoms. The third-order valence-electron chi connectivity index (χ3n) is 1.12. The molecule has 1 atom stereocenters. The van der Waals surface area contributed by atoms with E-state index in [2.05, 4.69) is 4.74 Å². The molecule has 0 fully saturated rings. The molecule has 3 nitrogen and oxygen atoms in total. The lowest BCUT2D eigenvalue weighted by atomic mass is 10.2. The fraction of sp³-hybridized carbons (Fsp3) is 0.714. The highest BCUT2D eigenvalue weighted by atomic mass is 19.1. The minimum absolute atomic E-state index is 0.00214. The molecule has 0 saturated carbocycles. The van der Waals surface area contributed by atoms with Crippen LogP contribution in [0.1, 0.15) is 13.3 Å². The summed E-state index contributed by atoms with van der Waals surface area (Å²) in [6.45, 7) is 0.533. The zero-order valence-electron chi connectivity index (χ0n) is 6.68. The van der Waals surface area contributed by atoms with Crippen LogP contribution in [0.2, 0.25) is 0 Å². The normalized spacial score (nSPS) is 12.2. The second kappa shape index (κ2) is 5.62.